The van der Waals surface area contributed by atoms with Crippen molar-refractivity contribution in [2.24, 2.45) is 0 Å². The molecule has 0 amide bonds. The minimum atomic E-state index is -4.51. The highest BCUT2D eigenvalue weighted by molar-refractivity contribution is 7.19. The first-order valence-corrected chi connectivity index (χ1v) is 11.8. The smallest absolute Gasteiger partial charge is 0.417 e. The SMILES string of the molecule is O=C(O)CC1CCc2c1[nH]c1ccc(OCc3ccc(-c4ccc(Cl)s4)c(C(F)(F)F)c3)cc21. The van der Waals surface area contributed by atoms with Gasteiger partial charge in [-0.15, -0.1) is 11.3 Å². The number of nitrogens with one attached hydrogen (secondary N) is 1. The molecule has 4 aromatic rings. The molecule has 4 nitrogen and oxygen atoms in total. The Balaban J connectivity index is 1.39. The van der Waals surface area contributed by atoms with Crippen LogP contribution in [0.2, 0.25) is 4.34 Å². The van der Waals surface area contributed by atoms with Crippen LogP contribution in [0.4, 0.5) is 13.2 Å². The number of aryl methyl sites for hydroxylation is 1. The number of carboxylic acids is 1. The van der Waals surface area contributed by atoms with Gasteiger partial charge in [-0.05, 0) is 60.4 Å². The van der Waals surface area contributed by atoms with Crippen molar-refractivity contribution in [3.8, 4) is 16.2 Å². The fourth-order valence-electron chi connectivity index (χ4n) is 4.59. The molecule has 0 spiro atoms. The summed E-state index contributed by atoms with van der Waals surface area (Å²) in [7, 11) is 0. The Kier molecular flexibility index (Phi) is 5.81. The molecule has 2 N–H and O–H groups in total. The molecular formula is C25H19ClF3NO3S. The van der Waals surface area contributed by atoms with Crippen molar-refractivity contribution in [3.63, 3.8) is 0 Å². The van der Waals surface area contributed by atoms with E-state index in [1.807, 2.05) is 12.1 Å². The summed E-state index contributed by atoms with van der Waals surface area (Å²) in [5, 5.41) is 10.1. The van der Waals surface area contributed by atoms with Crippen molar-refractivity contribution in [2.45, 2.75) is 38.0 Å². The van der Waals surface area contributed by atoms with E-state index in [0.29, 0.717) is 20.5 Å². The van der Waals surface area contributed by atoms with Gasteiger partial charge < -0.3 is 14.8 Å². The van der Waals surface area contributed by atoms with Gasteiger partial charge in [0.2, 0.25) is 0 Å². The topological polar surface area (TPSA) is 62.3 Å². The van der Waals surface area contributed by atoms with Crippen molar-refractivity contribution in [2.75, 3.05) is 0 Å². The highest BCUT2D eigenvalue weighted by Gasteiger charge is 2.34. The van der Waals surface area contributed by atoms with E-state index in [9.17, 15) is 18.0 Å². The number of rotatable bonds is 6. The fourth-order valence-corrected chi connectivity index (χ4v) is 5.67. The second kappa shape index (κ2) is 8.67. The molecule has 1 aliphatic carbocycles. The summed E-state index contributed by atoms with van der Waals surface area (Å²) in [5.41, 5.74) is 2.70. The largest absolute Gasteiger partial charge is 0.489 e. The summed E-state index contributed by atoms with van der Waals surface area (Å²) in [6, 6.07) is 12.8. The molecule has 0 saturated heterocycles. The van der Waals surface area contributed by atoms with Crippen molar-refractivity contribution in [1.82, 2.24) is 4.98 Å². The monoisotopic (exact) mass is 505 g/mol. The van der Waals surface area contributed by atoms with Gasteiger partial charge in [-0.3, -0.25) is 4.79 Å². The van der Waals surface area contributed by atoms with E-state index in [1.54, 1.807) is 24.3 Å². The first kappa shape index (κ1) is 22.8. The molecule has 2 aromatic carbocycles. The Labute approximate surface area is 201 Å². The number of halogens is 4. The van der Waals surface area contributed by atoms with Gasteiger partial charge in [0.25, 0.3) is 0 Å². The molecule has 0 saturated carbocycles. The molecule has 2 aromatic heterocycles. The van der Waals surface area contributed by atoms with Crippen molar-refractivity contribution in [1.29, 1.82) is 0 Å². The number of aromatic amines is 1. The standard InChI is InChI=1S/C25H19ClF3NO3S/c26-22-8-7-21(34-22)17-4-1-13(9-19(17)25(27,28)29)12-33-15-3-6-20-18(11-15)16-5-2-14(10-23(31)32)24(16)30-20/h1,3-4,6-9,11,14,30H,2,5,10,12H2,(H,31,32). The third-order valence-corrected chi connectivity index (χ3v) is 7.38. The highest BCUT2D eigenvalue weighted by atomic mass is 35.5. The number of carbonyl (C=O) groups is 1. The summed E-state index contributed by atoms with van der Waals surface area (Å²) in [6.45, 7) is -0.0195. The molecule has 9 heteroatoms. The maximum absolute atomic E-state index is 13.8. The van der Waals surface area contributed by atoms with E-state index in [4.69, 9.17) is 21.4 Å². The van der Waals surface area contributed by atoms with Crippen LogP contribution in [-0.2, 0) is 24.0 Å². The molecule has 1 unspecified atom stereocenters. The van der Waals surface area contributed by atoms with E-state index in [2.05, 4.69) is 4.98 Å². The predicted octanol–water partition coefficient (Wildman–Crippen LogP) is 7.65. The van der Waals surface area contributed by atoms with E-state index in [1.165, 1.54) is 6.07 Å². The number of fused-ring (bicyclic) bond motifs is 3. The molecule has 1 atom stereocenters. The number of hydrogen-bond donors (Lipinski definition) is 2. The second-order valence-corrected chi connectivity index (χ2v) is 10.0. The van der Waals surface area contributed by atoms with E-state index < -0.39 is 17.7 Å². The zero-order valence-corrected chi connectivity index (χ0v) is 19.3. The van der Waals surface area contributed by atoms with Gasteiger partial charge in [0, 0.05) is 33.0 Å². The van der Waals surface area contributed by atoms with Crippen LogP contribution < -0.4 is 4.74 Å². The van der Waals surface area contributed by atoms with Crippen molar-refractivity contribution >= 4 is 39.8 Å². The zero-order valence-electron chi connectivity index (χ0n) is 17.7. The molecule has 0 aliphatic heterocycles. The lowest BCUT2D eigenvalue weighted by Crippen LogP contribution is -2.08. The summed E-state index contributed by atoms with van der Waals surface area (Å²) in [6.07, 6.45) is -2.88. The van der Waals surface area contributed by atoms with Gasteiger partial charge in [0.1, 0.15) is 12.4 Å². The second-order valence-electron chi connectivity index (χ2n) is 8.33. The van der Waals surface area contributed by atoms with Crippen molar-refractivity contribution < 1.29 is 27.8 Å². The molecule has 0 fully saturated rings. The van der Waals surface area contributed by atoms with Gasteiger partial charge >= 0.3 is 12.1 Å². The van der Waals surface area contributed by atoms with E-state index in [0.717, 1.165) is 52.4 Å². The number of carboxylic acid groups (broad SMARTS) is 1. The number of aliphatic carboxylic acids is 1. The average molecular weight is 506 g/mol. The van der Waals surface area contributed by atoms with Gasteiger partial charge in [0.05, 0.1) is 16.3 Å². The molecule has 2 heterocycles. The number of alkyl halides is 3. The highest BCUT2D eigenvalue weighted by Crippen LogP contribution is 2.42. The molecular weight excluding hydrogens is 487 g/mol. The maximum Gasteiger partial charge on any atom is 0.417 e. The summed E-state index contributed by atoms with van der Waals surface area (Å²) in [5.74, 6) is -0.326. The Bertz CT molecular complexity index is 1390. The van der Waals surface area contributed by atoms with Gasteiger partial charge in [0.15, 0.2) is 0 Å². The van der Waals surface area contributed by atoms with Gasteiger partial charge in [-0.1, -0.05) is 23.7 Å². The number of H-pyrrole nitrogens is 1. The molecule has 0 bridgehead atoms. The first-order chi connectivity index (χ1) is 16.2. The van der Waals surface area contributed by atoms with Gasteiger partial charge in [-0.2, -0.15) is 13.2 Å². The quantitative estimate of drug-likeness (QED) is 0.283. The number of thiophene rings is 1. The lowest BCUT2D eigenvalue weighted by molar-refractivity contribution is -0.138. The Morgan fingerprint density at radius 2 is 2.00 bits per heavy atom. The van der Waals surface area contributed by atoms with Crippen LogP contribution >= 0.6 is 22.9 Å². The number of ether oxygens (including phenoxy) is 1. The summed E-state index contributed by atoms with van der Waals surface area (Å²) >= 11 is 7.01. The summed E-state index contributed by atoms with van der Waals surface area (Å²) in [4.78, 5) is 14.9. The van der Waals surface area contributed by atoms with Crippen LogP contribution in [0.5, 0.6) is 5.75 Å². The third kappa shape index (κ3) is 4.40. The average Bonchev–Trinajstić information content (AvgIpc) is 3.47. The van der Waals surface area contributed by atoms with Crippen LogP contribution in [0.3, 0.4) is 0 Å². The number of benzene rings is 2. The normalized spacial score (nSPS) is 15.6. The van der Waals surface area contributed by atoms with E-state index in [-0.39, 0.29) is 24.5 Å². The zero-order chi connectivity index (χ0) is 24.0. The predicted molar refractivity (Wildman–Crippen MR) is 126 cm³/mol. The minimum absolute atomic E-state index is 0.0195. The minimum Gasteiger partial charge on any atom is -0.489 e. The van der Waals surface area contributed by atoms with Gasteiger partial charge in [-0.25, -0.2) is 0 Å². The van der Waals surface area contributed by atoms with Crippen LogP contribution in [0.25, 0.3) is 21.3 Å². The lowest BCUT2D eigenvalue weighted by Gasteiger charge is -2.14. The van der Waals surface area contributed by atoms with E-state index >= 15 is 0 Å². The molecule has 176 valence electrons. The summed E-state index contributed by atoms with van der Waals surface area (Å²) < 4.78 is 47.5. The Hall–Kier alpha value is -2.97. The van der Waals surface area contributed by atoms with Crippen LogP contribution in [0, 0.1) is 0 Å². The van der Waals surface area contributed by atoms with Crippen LogP contribution in [0.1, 0.15) is 41.1 Å². The van der Waals surface area contributed by atoms with Crippen LogP contribution in [0.15, 0.2) is 48.5 Å². The Morgan fingerprint density at radius 1 is 1.18 bits per heavy atom. The molecule has 34 heavy (non-hydrogen) atoms. The van der Waals surface area contributed by atoms with Crippen LogP contribution in [-0.4, -0.2) is 16.1 Å². The molecule has 0 radical (unpaired) electrons. The third-order valence-electron chi connectivity index (χ3n) is 6.12. The maximum atomic E-state index is 13.8. The number of hydrogen-bond acceptors (Lipinski definition) is 3. The van der Waals surface area contributed by atoms with Crippen molar-refractivity contribution in [3.05, 3.63) is 75.3 Å². The molecule has 1 aliphatic rings. The fraction of sp³-hybridized carbons (Fsp3) is 0.240. The Morgan fingerprint density at radius 3 is 2.71 bits per heavy atom. The first-order valence-electron chi connectivity index (χ1n) is 10.6. The number of aromatic nitrogens is 1. The molecule has 5 rings (SSSR count). The lowest BCUT2D eigenvalue weighted by atomic mass is 10.0.